The highest BCUT2D eigenvalue weighted by atomic mass is 16.5. The molecule has 0 radical (unpaired) electrons. The van der Waals surface area contributed by atoms with E-state index in [1.54, 1.807) is 18.3 Å². The van der Waals surface area contributed by atoms with E-state index in [0.29, 0.717) is 24.5 Å². The van der Waals surface area contributed by atoms with Crippen molar-refractivity contribution in [3.05, 3.63) is 24.0 Å². The van der Waals surface area contributed by atoms with Gasteiger partial charge < -0.3 is 14.5 Å². The van der Waals surface area contributed by atoms with Gasteiger partial charge in [-0.15, -0.1) is 0 Å². The van der Waals surface area contributed by atoms with Crippen molar-refractivity contribution in [2.75, 3.05) is 39.3 Å². The summed E-state index contributed by atoms with van der Waals surface area (Å²) in [5, 5.41) is 0. The lowest BCUT2D eigenvalue weighted by Crippen LogP contribution is -2.60. The van der Waals surface area contributed by atoms with E-state index in [0.717, 1.165) is 38.6 Å². The number of likely N-dealkylation sites (tertiary alicyclic amines) is 1. The molecular weight excluding hydrogens is 344 g/mol. The highest BCUT2D eigenvalue weighted by Gasteiger charge is 2.36. The zero-order valence-corrected chi connectivity index (χ0v) is 16.0. The Morgan fingerprint density at radius 1 is 1.04 bits per heavy atom. The van der Waals surface area contributed by atoms with Gasteiger partial charge in [-0.05, 0) is 31.4 Å². The molecule has 3 fully saturated rings. The molecule has 1 aromatic rings. The lowest BCUT2D eigenvalue weighted by atomic mass is 9.91. The minimum absolute atomic E-state index is 0.00242. The van der Waals surface area contributed by atoms with Crippen LogP contribution in [0.15, 0.2) is 18.3 Å². The van der Waals surface area contributed by atoms with E-state index < -0.39 is 0 Å². The first-order valence-corrected chi connectivity index (χ1v) is 10.0. The van der Waals surface area contributed by atoms with Crippen LogP contribution in [0.3, 0.4) is 0 Å². The van der Waals surface area contributed by atoms with Crippen LogP contribution in [-0.2, 0) is 0 Å². The quantitative estimate of drug-likeness (QED) is 0.757. The number of hydrogen-bond acceptors (Lipinski definition) is 5. The molecule has 1 aliphatic carbocycles. The van der Waals surface area contributed by atoms with Crippen molar-refractivity contribution in [2.45, 2.75) is 44.8 Å². The second kappa shape index (κ2) is 7.84. The van der Waals surface area contributed by atoms with Crippen molar-refractivity contribution < 1.29 is 14.3 Å². The zero-order valence-electron chi connectivity index (χ0n) is 16.0. The summed E-state index contributed by atoms with van der Waals surface area (Å²) >= 11 is 0. The first-order chi connectivity index (χ1) is 13.1. The normalized spacial score (nSPS) is 22.0. The van der Waals surface area contributed by atoms with Gasteiger partial charge in [0.05, 0.1) is 19.3 Å². The molecule has 2 aliphatic heterocycles. The molecule has 1 saturated carbocycles. The topological polar surface area (TPSA) is 66.0 Å². The predicted octanol–water partition coefficient (Wildman–Crippen LogP) is 2.03. The Balaban J connectivity index is 1.23. The number of ketones is 1. The molecule has 7 nitrogen and oxygen atoms in total. The van der Waals surface area contributed by atoms with Gasteiger partial charge in [0.15, 0.2) is 5.78 Å². The van der Waals surface area contributed by atoms with Crippen molar-refractivity contribution in [3.8, 4) is 5.75 Å². The van der Waals surface area contributed by atoms with E-state index in [4.69, 9.17) is 4.74 Å². The molecule has 3 aliphatic rings. The third-order valence-corrected chi connectivity index (χ3v) is 5.91. The summed E-state index contributed by atoms with van der Waals surface area (Å²) in [6.07, 6.45) is 6.63. The summed E-state index contributed by atoms with van der Waals surface area (Å²) in [7, 11) is 0. The molecule has 3 heterocycles. The maximum Gasteiger partial charge on any atom is 0.320 e. The van der Waals surface area contributed by atoms with E-state index in [2.05, 4.69) is 9.88 Å². The fourth-order valence-corrected chi connectivity index (χ4v) is 3.97. The van der Waals surface area contributed by atoms with E-state index in [9.17, 15) is 9.59 Å². The molecule has 2 saturated heterocycles. The monoisotopic (exact) mass is 372 g/mol. The summed E-state index contributed by atoms with van der Waals surface area (Å²) in [6.45, 7) is 6.49. The number of aromatic nitrogens is 1. The number of nitrogens with zero attached hydrogens (tertiary/aromatic N) is 4. The van der Waals surface area contributed by atoms with Gasteiger partial charge >= 0.3 is 6.03 Å². The first-order valence-electron chi connectivity index (χ1n) is 10.0. The minimum atomic E-state index is -0.0599. The van der Waals surface area contributed by atoms with Crippen molar-refractivity contribution >= 4 is 11.8 Å². The second-order valence-corrected chi connectivity index (χ2v) is 7.82. The lowest BCUT2D eigenvalue weighted by Gasteiger charge is -2.41. The Bertz CT molecular complexity index is 683. The smallest absolute Gasteiger partial charge is 0.320 e. The first kappa shape index (κ1) is 18.2. The number of rotatable bonds is 4. The molecule has 27 heavy (non-hydrogen) atoms. The molecule has 1 aromatic heterocycles. The summed E-state index contributed by atoms with van der Waals surface area (Å²) < 4.78 is 5.85. The van der Waals surface area contributed by atoms with Crippen LogP contribution in [-0.4, -0.2) is 82.9 Å². The van der Waals surface area contributed by atoms with Gasteiger partial charge in [0.25, 0.3) is 0 Å². The molecular formula is C20H28N4O3. The Labute approximate surface area is 160 Å². The maximum atomic E-state index is 12.7. The van der Waals surface area contributed by atoms with Gasteiger partial charge in [0.2, 0.25) is 0 Å². The molecule has 0 unspecified atom stereocenters. The summed E-state index contributed by atoms with van der Waals surface area (Å²) in [5.41, 5.74) is 0.435. The average molecular weight is 372 g/mol. The minimum Gasteiger partial charge on any atom is -0.485 e. The SMILES string of the molecule is CC(=O)c1ccc(OC2CN(C(=O)N3CCCN(C4CCC4)CC3)C2)cn1. The van der Waals surface area contributed by atoms with E-state index >= 15 is 0 Å². The number of ether oxygens (including phenoxy) is 1. The summed E-state index contributed by atoms with van der Waals surface area (Å²) in [6, 6.07) is 4.32. The number of urea groups is 1. The largest absolute Gasteiger partial charge is 0.485 e. The molecule has 4 rings (SSSR count). The lowest BCUT2D eigenvalue weighted by molar-refractivity contribution is 0.0306. The number of pyridine rings is 1. The van der Waals surface area contributed by atoms with Crippen molar-refractivity contribution in [2.24, 2.45) is 0 Å². The van der Waals surface area contributed by atoms with Crippen molar-refractivity contribution in [1.29, 1.82) is 0 Å². The second-order valence-electron chi connectivity index (χ2n) is 7.82. The maximum absolute atomic E-state index is 12.7. The summed E-state index contributed by atoms with van der Waals surface area (Å²) in [5.74, 6) is 0.582. The number of carbonyl (C=O) groups is 2. The molecule has 146 valence electrons. The Morgan fingerprint density at radius 3 is 2.48 bits per heavy atom. The number of amides is 2. The predicted molar refractivity (Wildman–Crippen MR) is 101 cm³/mol. The zero-order chi connectivity index (χ0) is 18.8. The number of hydrogen-bond donors (Lipinski definition) is 0. The molecule has 0 bridgehead atoms. The van der Waals surface area contributed by atoms with Crippen LogP contribution in [0.5, 0.6) is 5.75 Å². The van der Waals surface area contributed by atoms with Crippen LogP contribution >= 0.6 is 0 Å². The van der Waals surface area contributed by atoms with Gasteiger partial charge in [-0.3, -0.25) is 9.69 Å². The van der Waals surface area contributed by atoms with Crippen LogP contribution in [0.25, 0.3) is 0 Å². The fourth-order valence-electron chi connectivity index (χ4n) is 3.97. The molecule has 0 atom stereocenters. The van der Waals surface area contributed by atoms with E-state index in [1.807, 2.05) is 9.80 Å². The highest BCUT2D eigenvalue weighted by molar-refractivity contribution is 5.92. The van der Waals surface area contributed by atoms with Crippen LogP contribution < -0.4 is 4.74 Å². The third kappa shape index (κ3) is 4.08. The molecule has 2 amide bonds. The van der Waals surface area contributed by atoms with Crippen LogP contribution in [0.1, 0.15) is 43.1 Å². The van der Waals surface area contributed by atoms with Crippen LogP contribution in [0.2, 0.25) is 0 Å². The van der Waals surface area contributed by atoms with Crippen LogP contribution in [0.4, 0.5) is 4.79 Å². The molecule has 0 aromatic carbocycles. The Hall–Kier alpha value is -2.15. The van der Waals surface area contributed by atoms with Gasteiger partial charge in [0, 0.05) is 39.1 Å². The average Bonchev–Trinajstić information content (AvgIpc) is 2.82. The standard InChI is InChI=1S/C20H28N4O3/c1-15(25)19-7-6-17(12-21-19)27-18-13-24(14-18)20(26)23-9-3-8-22(10-11-23)16-4-2-5-16/h6-7,12,16,18H,2-5,8-11,13-14H2,1H3. The van der Waals surface area contributed by atoms with E-state index in [1.165, 1.54) is 26.2 Å². The molecule has 7 heteroatoms. The third-order valence-electron chi connectivity index (χ3n) is 5.91. The van der Waals surface area contributed by atoms with Gasteiger partial charge in [-0.1, -0.05) is 6.42 Å². The fraction of sp³-hybridized carbons (Fsp3) is 0.650. The summed E-state index contributed by atoms with van der Waals surface area (Å²) in [4.78, 5) is 34.5. The molecule has 0 N–H and O–H groups in total. The molecule has 0 spiro atoms. The highest BCUT2D eigenvalue weighted by Crippen LogP contribution is 2.26. The number of carbonyl (C=O) groups excluding carboxylic acids is 2. The van der Waals surface area contributed by atoms with Crippen LogP contribution in [0, 0.1) is 0 Å². The van der Waals surface area contributed by atoms with Gasteiger partial charge in [0.1, 0.15) is 17.5 Å². The van der Waals surface area contributed by atoms with Crippen molar-refractivity contribution in [3.63, 3.8) is 0 Å². The van der Waals surface area contributed by atoms with Gasteiger partial charge in [-0.2, -0.15) is 0 Å². The Kier molecular flexibility index (Phi) is 5.29. The Morgan fingerprint density at radius 2 is 1.85 bits per heavy atom. The van der Waals surface area contributed by atoms with Gasteiger partial charge in [-0.25, -0.2) is 9.78 Å². The van der Waals surface area contributed by atoms with Crippen molar-refractivity contribution in [1.82, 2.24) is 19.7 Å². The number of Topliss-reactive ketones (excluding diaryl/α,β-unsaturated/α-hetero) is 1. The van der Waals surface area contributed by atoms with E-state index in [-0.39, 0.29) is 17.9 Å².